The first-order valence-corrected chi connectivity index (χ1v) is 12.5. The van der Waals surface area contributed by atoms with E-state index in [1.807, 2.05) is 12.4 Å². The van der Waals surface area contributed by atoms with Crippen LogP contribution in [0.1, 0.15) is 54.8 Å². The number of rotatable bonds is 3. The zero-order valence-corrected chi connectivity index (χ0v) is 18.9. The van der Waals surface area contributed by atoms with E-state index in [0.717, 1.165) is 67.4 Å². The third-order valence-corrected chi connectivity index (χ3v) is 7.81. The second kappa shape index (κ2) is 7.76. The Bertz CT molecular complexity index is 1350. The number of hydrogen-bond acceptors (Lipinski definition) is 6. The van der Waals surface area contributed by atoms with E-state index in [1.54, 1.807) is 0 Å². The molecule has 7 rings (SSSR count). The van der Waals surface area contributed by atoms with Crippen LogP contribution >= 0.6 is 0 Å². The summed E-state index contributed by atoms with van der Waals surface area (Å²) in [6, 6.07) is 2.09. The highest BCUT2D eigenvalue weighted by Gasteiger charge is 2.27. The van der Waals surface area contributed by atoms with Crippen molar-refractivity contribution < 1.29 is 0 Å². The van der Waals surface area contributed by atoms with Crippen LogP contribution in [0.15, 0.2) is 24.7 Å². The van der Waals surface area contributed by atoms with Gasteiger partial charge >= 0.3 is 0 Å². The molecule has 7 heteroatoms. The number of nitrogens with one attached hydrogen (secondary N) is 2. The fourth-order valence-corrected chi connectivity index (χ4v) is 5.85. The van der Waals surface area contributed by atoms with Gasteiger partial charge in [-0.1, -0.05) is 6.42 Å². The molecule has 0 amide bonds. The van der Waals surface area contributed by atoms with E-state index in [1.165, 1.54) is 59.7 Å². The van der Waals surface area contributed by atoms with Crippen LogP contribution in [-0.4, -0.2) is 51.1 Å². The number of nitrogens with zero attached hydrogens (tertiary/aromatic N) is 5. The number of aromatic amines is 1. The Kier molecular flexibility index (Phi) is 4.57. The summed E-state index contributed by atoms with van der Waals surface area (Å²) >= 11 is 0. The predicted octanol–water partition coefficient (Wildman–Crippen LogP) is 4.12. The lowest BCUT2D eigenvalue weighted by molar-refractivity contribution is 0.421. The quantitative estimate of drug-likeness (QED) is 0.500. The lowest BCUT2D eigenvalue weighted by atomic mass is 9.79. The molecular weight excluding hydrogens is 410 g/mol. The number of piperazine rings is 1. The Morgan fingerprint density at radius 3 is 2.67 bits per heavy atom. The average Bonchev–Trinajstić information content (AvgIpc) is 3.22. The van der Waals surface area contributed by atoms with Crippen molar-refractivity contribution in [1.82, 2.24) is 30.2 Å². The van der Waals surface area contributed by atoms with Crippen LogP contribution in [-0.2, 0) is 12.8 Å². The molecule has 5 heterocycles. The summed E-state index contributed by atoms with van der Waals surface area (Å²) in [5.74, 6) is 2.46. The molecule has 7 nitrogen and oxygen atoms in total. The van der Waals surface area contributed by atoms with Crippen LogP contribution in [0, 0.1) is 0 Å². The van der Waals surface area contributed by atoms with Gasteiger partial charge in [0.2, 0.25) is 0 Å². The van der Waals surface area contributed by atoms with Gasteiger partial charge < -0.3 is 15.2 Å². The second-order valence-electron chi connectivity index (χ2n) is 9.73. The summed E-state index contributed by atoms with van der Waals surface area (Å²) in [4.78, 5) is 25.7. The van der Waals surface area contributed by atoms with Crippen molar-refractivity contribution >= 4 is 27.8 Å². The van der Waals surface area contributed by atoms with Crippen LogP contribution < -0.4 is 10.2 Å². The minimum Gasteiger partial charge on any atom is -0.353 e. The molecule has 2 N–H and O–H groups in total. The highest BCUT2D eigenvalue weighted by Crippen LogP contribution is 2.42. The Hall–Kier alpha value is -3.06. The van der Waals surface area contributed by atoms with Gasteiger partial charge in [-0.2, -0.15) is 0 Å². The first-order valence-electron chi connectivity index (χ1n) is 12.5. The van der Waals surface area contributed by atoms with Crippen LogP contribution in [0.2, 0.25) is 0 Å². The van der Waals surface area contributed by atoms with E-state index in [9.17, 15) is 0 Å². The first kappa shape index (κ1) is 19.4. The van der Waals surface area contributed by atoms with Gasteiger partial charge in [-0.15, -0.1) is 0 Å². The molecular formula is C26H29N7. The molecule has 1 aliphatic heterocycles. The highest BCUT2D eigenvalue weighted by molar-refractivity contribution is 5.98. The van der Waals surface area contributed by atoms with Crippen LogP contribution in [0.25, 0.3) is 33.3 Å². The molecule has 4 aromatic heterocycles. The van der Waals surface area contributed by atoms with Crippen molar-refractivity contribution in [2.75, 3.05) is 31.1 Å². The summed E-state index contributed by atoms with van der Waals surface area (Å²) in [5, 5.41) is 5.90. The summed E-state index contributed by atoms with van der Waals surface area (Å²) in [5.41, 5.74) is 7.10. The van der Waals surface area contributed by atoms with E-state index in [0.29, 0.717) is 5.92 Å². The molecule has 2 fully saturated rings. The zero-order chi connectivity index (χ0) is 21.8. The molecule has 4 aromatic rings. The Labute approximate surface area is 193 Å². The lowest BCUT2D eigenvalue weighted by Crippen LogP contribution is -2.44. The maximum atomic E-state index is 5.29. The second-order valence-corrected chi connectivity index (χ2v) is 9.73. The number of aromatic nitrogens is 5. The zero-order valence-electron chi connectivity index (χ0n) is 18.9. The number of pyridine rings is 2. The normalized spacial score (nSPS) is 19.1. The van der Waals surface area contributed by atoms with Gasteiger partial charge in [-0.25, -0.2) is 15.0 Å². The maximum absolute atomic E-state index is 5.29. The smallest absolute Gasteiger partial charge is 0.163 e. The first-order chi connectivity index (χ1) is 16.4. The van der Waals surface area contributed by atoms with Crippen LogP contribution in [0.5, 0.6) is 0 Å². The highest BCUT2D eigenvalue weighted by atomic mass is 15.2. The molecule has 0 bridgehead atoms. The van der Waals surface area contributed by atoms with Crippen molar-refractivity contribution in [2.24, 2.45) is 0 Å². The van der Waals surface area contributed by atoms with Gasteiger partial charge in [-0.05, 0) is 61.6 Å². The van der Waals surface area contributed by atoms with E-state index >= 15 is 0 Å². The van der Waals surface area contributed by atoms with Crippen LogP contribution in [0.4, 0.5) is 5.82 Å². The number of H-pyrrole nitrogens is 1. The maximum Gasteiger partial charge on any atom is 0.163 e. The minimum atomic E-state index is 0.585. The summed E-state index contributed by atoms with van der Waals surface area (Å²) in [6.07, 6.45) is 14.3. The molecule has 0 aromatic carbocycles. The van der Waals surface area contributed by atoms with Crippen molar-refractivity contribution in [3.63, 3.8) is 0 Å². The fourth-order valence-electron chi connectivity index (χ4n) is 5.85. The van der Waals surface area contributed by atoms with E-state index in [-0.39, 0.29) is 0 Å². The van der Waals surface area contributed by atoms with Gasteiger partial charge in [0.15, 0.2) is 5.82 Å². The molecule has 1 saturated carbocycles. The van der Waals surface area contributed by atoms with Gasteiger partial charge in [-0.3, -0.25) is 4.98 Å². The van der Waals surface area contributed by atoms with E-state index in [2.05, 4.69) is 37.4 Å². The lowest BCUT2D eigenvalue weighted by Gasteiger charge is -2.32. The Morgan fingerprint density at radius 1 is 0.939 bits per heavy atom. The molecule has 33 heavy (non-hydrogen) atoms. The molecule has 0 spiro atoms. The summed E-state index contributed by atoms with van der Waals surface area (Å²) in [7, 11) is 0. The van der Waals surface area contributed by atoms with Crippen LogP contribution in [0.3, 0.4) is 0 Å². The molecule has 168 valence electrons. The number of anilines is 1. The summed E-state index contributed by atoms with van der Waals surface area (Å²) < 4.78 is 0. The van der Waals surface area contributed by atoms with Gasteiger partial charge in [0.1, 0.15) is 11.5 Å². The Balaban J connectivity index is 1.48. The molecule has 1 saturated heterocycles. The molecule has 3 aliphatic rings. The van der Waals surface area contributed by atoms with Gasteiger partial charge in [0, 0.05) is 60.6 Å². The molecule has 0 unspecified atom stereocenters. The third kappa shape index (κ3) is 3.13. The molecule has 0 radical (unpaired) electrons. The predicted molar refractivity (Wildman–Crippen MR) is 131 cm³/mol. The van der Waals surface area contributed by atoms with Gasteiger partial charge in [0.05, 0.1) is 11.7 Å². The Morgan fingerprint density at radius 2 is 1.82 bits per heavy atom. The summed E-state index contributed by atoms with van der Waals surface area (Å²) in [6.45, 7) is 3.89. The fraction of sp³-hybridized carbons (Fsp3) is 0.462. The number of aryl methyl sites for hydroxylation is 2. The SMILES string of the molecule is c1cc(-c2nc(N3CCNCC3)c3c(C4CCC4)cncc3n2)c2c3c([nH]c2n1)CCCC3. The van der Waals surface area contributed by atoms with Gasteiger partial charge in [0.25, 0.3) is 0 Å². The average molecular weight is 440 g/mol. The van der Waals surface area contributed by atoms with Crippen molar-refractivity contribution in [1.29, 1.82) is 0 Å². The number of fused-ring (bicyclic) bond motifs is 4. The standard InChI is InChI=1S/C26H29N7/c1-2-7-20-17(6-1)22-18(8-9-29-25(22)30-20)24-31-21-15-28-14-19(16-4-3-5-16)23(21)26(32-24)33-12-10-27-11-13-33/h8-9,14-16,27H,1-7,10-13H2,(H,29,30). The van der Waals surface area contributed by atoms with Crippen molar-refractivity contribution in [2.45, 2.75) is 50.9 Å². The van der Waals surface area contributed by atoms with Crippen molar-refractivity contribution in [3.8, 4) is 11.4 Å². The third-order valence-electron chi connectivity index (χ3n) is 7.81. The number of hydrogen-bond donors (Lipinski definition) is 2. The van der Waals surface area contributed by atoms with E-state index < -0.39 is 0 Å². The topological polar surface area (TPSA) is 82.6 Å². The molecule has 0 atom stereocenters. The minimum absolute atomic E-state index is 0.585. The van der Waals surface area contributed by atoms with Crippen molar-refractivity contribution in [3.05, 3.63) is 41.5 Å². The van der Waals surface area contributed by atoms with E-state index in [4.69, 9.17) is 9.97 Å². The molecule has 2 aliphatic carbocycles. The monoisotopic (exact) mass is 439 g/mol. The largest absolute Gasteiger partial charge is 0.353 e.